The van der Waals surface area contributed by atoms with Crippen LogP contribution in [-0.2, 0) is 9.59 Å². The van der Waals surface area contributed by atoms with E-state index in [1.165, 1.54) is 4.90 Å². The van der Waals surface area contributed by atoms with Gasteiger partial charge in [-0.25, -0.2) is 0 Å². The molecule has 1 amide bonds. The molecule has 1 heterocycles. The molecule has 1 N–H and O–H groups in total. The van der Waals surface area contributed by atoms with Gasteiger partial charge in [-0.1, -0.05) is 50.4 Å². The Morgan fingerprint density at radius 1 is 1.00 bits per heavy atom. The van der Waals surface area contributed by atoms with Crippen molar-refractivity contribution >= 4 is 29.1 Å². The minimum Gasteiger partial charge on any atom is -0.507 e. The number of benzene rings is 2. The highest BCUT2D eigenvalue weighted by Gasteiger charge is 2.45. The predicted octanol–water partition coefficient (Wildman–Crippen LogP) is 5.74. The van der Waals surface area contributed by atoms with Gasteiger partial charge in [-0.05, 0) is 54.8 Å². The third-order valence-electron chi connectivity index (χ3n) is 5.33. The van der Waals surface area contributed by atoms with Gasteiger partial charge in [0, 0.05) is 17.1 Å². The van der Waals surface area contributed by atoms with E-state index in [4.69, 9.17) is 16.3 Å². The highest BCUT2D eigenvalue weighted by molar-refractivity contribution is 6.46. The Morgan fingerprint density at radius 3 is 2.29 bits per heavy atom. The lowest BCUT2D eigenvalue weighted by molar-refractivity contribution is -0.139. The van der Waals surface area contributed by atoms with Gasteiger partial charge in [0.05, 0.1) is 18.2 Å². The van der Waals surface area contributed by atoms with Crippen molar-refractivity contribution in [3.63, 3.8) is 0 Å². The van der Waals surface area contributed by atoms with Gasteiger partial charge in [-0.2, -0.15) is 0 Å². The lowest BCUT2D eigenvalue weighted by Gasteiger charge is -2.25. The maximum atomic E-state index is 12.9. The molecule has 164 valence electrons. The van der Waals surface area contributed by atoms with E-state index in [1.54, 1.807) is 24.3 Å². The molecule has 6 heteroatoms. The molecule has 1 fully saturated rings. The van der Waals surface area contributed by atoms with Gasteiger partial charge in [0.1, 0.15) is 11.5 Å². The second kappa shape index (κ2) is 10.5. The molecule has 5 nitrogen and oxygen atoms in total. The van der Waals surface area contributed by atoms with Crippen molar-refractivity contribution in [2.45, 2.75) is 45.6 Å². The summed E-state index contributed by atoms with van der Waals surface area (Å²) in [6, 6.07) is 13.3. The van der Waals surface area contributed by atoms with E-state index in [0.29, 0.717) is 30.2 Å². The zero-order valence-corrected chi connectivity index (χ0v) is 18.7. The summed E-state index contributed by atoms with van der Waals surface area (Å²) in [6.07, 6.45) is 3.94. The van der Waals surface area contributed by atoms with E-state index < -0.39 is 17.7 Å². The molecule has 0 aromatic heterocycles. The summed E-state index contributed by atoms with van der Waals surface area (Å²) in [5.74, 6) is -0.725. The minimum atomic E-state index is -0.675. The van der Waals surface area contributed by atoms with E-state index >= 15 is 0 Å². The highest BCUT2D eigenvalue weighted by Crippen LogP contribution is 2.40. The SMILES string of the molecule is CCCCCOc1ccc(C2/C(=C(/O)c3ccc(Cl)cc3)C(=O)C(=O)N2CCC)cc1. The molecule has 0 aliphatic carbocycles. The first-order valence-electron chi connectivity index (χ1n) is 10.7. The first kappa shape index (κ1) is 22.9. The Hall–Kier alpha value is -2.79. The predicted molar refractivity (Wildman–Crippen MR) is 122 cm³/mol. The van der Waals surface area contributed by atoms with Crippen LogP contribution in [0.3, 0.4) is 0 Å². The second-order valence-electron chi connectivity index (χ2n) is 7.62. The van der Waals surface area contributed by atoms with E-state index in [1.807, 2.05) is 31.2 Å². The lowest BCUT2D eigenvalue weighted by atomic mass is 9.95. The maximum absolute atomic E-state index is 12.9. The van der Waals surface area contributed by atoms with Gasteiger partial charge in [0.2, 0.25) is 0 Å². The Labute approximate surface area is 188 Å². The molecule has 2 aromatic carbocycles. The first-order valence-corrected chi connectivity index (χ1v) is 11.1. The number of ether oxygens (including phenoxy) is 1. The molecule has 3 rings (SSSR count). The number of Topliss-reactive ketones (excluding diaryl/α,β-unsaturated/α-hetero) is 1. The molecule has 0 spiro atoms. The van der Waals surface area contributed by atoms with E-state index in [9.17, 15) is 14.7 Å². The van der Waals surface area contributed by atoms with Crippen LogP contribution in [0.1, 0.15) is 56.7 Å². The number of halogens is 1. The van der Waals surface area contributed by atoms with Crippen LogP contribution in [0.25, 0.3) is 5.76 Å². The van der Waals surface area contributed by atoms with Crippen molar-refractivity contribution in [2.75, 3.05) is 13.2 Å². The van der Waals surface area contributed by atoms with E-state index in [-0.39, 0.29) is 11.3 Å². The smallest absolute Gasteiger partial charge is 0.295 e. The number of rotatable bonds is 9. The van der Waals surface area contributed by atoms with Crippen molar-refractivity contribution in [2.24, 2.45) is 0 Å². The Kier molecular flexibility index (Phi) is 7.75. The average molecular weight is 442 g/mol. The second-order valence-corrected chi connectivity index (χ2v) is 8.06. The lowest BCUT2D eigenvalue weighted by Crippen LogP contribution is -2.30. The van der Waals surface area contributed by atoms with Crippen LogP contribution in [0, 0.1) is 0 Å². The molecular formula is C25H28ClNO4. The zero-order chi connectivity index (χ0) is 22.4. The summed E-state index contributed by atoms with van der Waals surface area (Å²) >= 11 is 5.95. The molecule has 1 unspecified atom stereocenters. The minimum absolute atomic E-state index is 0.0948. The van der Waals surface area contributed by atoms with Crippen LogP contribution in [0.2, 0.25) is 5.02 Å². The zero-order valence-electron chi connectivity index (χ0n) is 17.9. The number of carbonyl (C=O) groups is 2. The van der Waals surface area contributed by atoms with Gasteiger partial charge in [0.25, 0.3) is 11.7 Å². The normalized spacial score (nSPS) is 17.9. The topological polar surface area (TPSA) is 66.8 Å². The molecule has 1 saturated heterocycles. The summed E-state index contributed by atoms with van der Waals surface area (Å²) in [7, 11) is 0. The van der Waals surface area contributed by atoms with Crippen molar-refractivity contribution in [3.8, 4) is 5.75 Å². The number of nitrogens with zero attached hydrogens (tertiary/aromatic N) is 1. The van der Waals surface area contributed by atoms with Gasteiger partial charge < -0.3 is 14.7 Å². The molecule has 0 bridgehead atoms. The van der Waals surface area contributed by atoms with Crippen LogP contribution in [-0.4, -0.2) is 34.8 Å². The number of ketones is 1. The van der Waals surface area contributed by atoms with Crippen LogP contribution in [0.4, 0.5) is 0 Å². The summed E-state index contributed by atoms with van der Waals surface area (Å²) < 4.78 is 5.78. The molecule has 0 saturated carbocycles. The molecular weight excluding hydrogens is 414 g/mol. The number of hydrogen-bond donors (Lipinski definition) is 1. The van der Waals surface area contributed by atoms with Crippen LogP contribution < -0.4 is 4.74 Å². The maximum Gasteiger partial charge on any atom is 0.295 e. The van der Waals surface area contributed by atoms with Crippen molar-refractivity contribution < 1.29 is 19.4 Å². The highest BCUT2D eigenvalue weighted by atomic mass is 35.5. The van der Waals surface area contributed by atoms with Gasteiger partial charge in [-0.3, -0.25) is 9.59 Å². The van der Waals surface area contributed by atoms with E-state index in [2.05, 4.69) is 6.92 Å². The quantitative estimate of drug-likeness (QED) is 0.233. The number of amides is 1. The average Bonchev–Trinajstić information content (AvgIpc) is 3.02. The molecule has 0 radical (unpaired) electrons. The summed E-state index contributed by atoms with van der Waals surface area (Å²) in [5, 5.41) is 11.5. The first-order chi connectivity index (χ1) is 15.0. The standard InChI is InChI=1S/C25H28ClNO4/c1-3-5-6-16-31-20-13-9-17(10-14-20)22-21(24(29)25(30)27(22)15-4-2)23(28)18-7-11-19(26)12-8-18/h7-14,22,28H,3-6,15-16H2,1-2H3/b23-21-. The molecule has 1 aliphatic heterocycles. The number of likely N-dealkylation sites (tertiary alicyclic amines) is 1. The van der Waals surface area contributed by atoms with Gasteiger partial charge >= 0.3 is 0 Å². The third-order valence-corrected chi connectivity index (χ3v) is 5.59. The van der Waals surface area contributed by atoms with Crippen molar-refractivity contribution in [1.29, 1.82) is 0 Å². The van der Waals surface area contributed by atoms with Crippen molar-refractivity contribution in [3.05, 3.63) is 70.3 Å². The third kappa shape index (κ3) is 5.10. The Bertz CT molecular complexity index is 950. The monoisotopic (exact) mass is 441 g/mol. The number of carbonyl (C=O) groups excluding carboxylic acids is 2. The fourth-order valence-electron chi connectivity index (χ4n) is 3.75. The van der Waals surface area contributed by atoms with E-state index in [0.717, 1.165) is 30.6 Å². The number of unbranched alkanes of at least 4 members (excludes halogenated alkanes) is 2. The molecule has 1 aliphatic rings. The van der Waals surface area contributed by atoms with Gasteiger partial charge in [-0.15, -0.1) is 0 Å². The van der Waals surface area contributed by atoms with Crippen LogP contribution >= 0.6 is 11.6 Å². The molecule has 2 aromatic rings. The van der Waals surface area contributed by atoms with Crippen LogP contribution in [0.5, 0.6) is 5.75 Å². The number of aliphatic hydroxyl groups excluding tert-OH is 1. The fourth-order valence-corrected chi connectivity index (χ4v) is 3.88. The van der Waals surface area contributed by atoms with Crippen molar-refractivity contribution in [1.82, 2.24) is 4.90 Å². The number of hydrogen-bond acceptors (Lipinski definition) is 4. The Balaban J connectivity index is 1.96. The molecule has 31 heavy (non-hydrogen) atoms. The number of aliphatic hydroxyl groups is 1. The summed E-state index contributed by atoms with van der Waals surface area (Å²) in [4.78, 5) is 27.1. The largest absolute Gasteiger partial charge is 0.507 e. The summed E-state index contributed by atoms with van der Waals surface area (Å²) in [6.45, 7) is 5.16. The van der Waals surface area contributed by atoms with Crippen LogP contribution in [0.15, 0.2) is 54.1 Å². The summed E-state index contributed by atoms with van der Waals surface area (Å²) in [5.41, 5.74) is 1.29. The molecule has 1 atom stereocenters. The fraction of sp³-hybridized carbons (Fsp3) is 0.360. The van der Waals surface area contributed by atoms with Gasteiger partial charge in [0.15, 0.2) is 0 Å². The Morgan fingerprint density at radius 2 is 1.68 bits per heavy atom.